The van der Waals surface area contributed by atoms with E-state index in [0.717, 1.165) is 30.3 Å². The Morgan fingerprint density at radius 2 is 2.25 bits per heavy atom. The van der Waals surface area contributed by atoms with Crippen molar-refractivity contribution >= 4 is 0 Å². The van der Waals surface area contributed by atoms with Crippen molar-refractivity contribution in [3.8, 4) is 0 Å². The summed E-state index contributed by atoms with van der Waals surface area (Å²) in [5.74, 6) is 1.74. The van der Waals surface area contributed by atoms with Gasteiger partial charge in [0.2, 0.25) is 0 Å². The molecule has 0 bridgehead atoms. The van der Waals surface area contributed by atoms with Crippen molar-refractivity contribution in [1.82, 2.24) is 9.97 Å². The van der Waals surface area contributed by atoms with E-state index < -0.39 is 0 Å². The van der Waals surface area contributed by atoms with Crippen molar-refractivity contribution in [3.05, 3.63) is 17.7 Å². The van der Waals surface area contributed by atoms with Gasteiger partial charge >= 0.3 is 0 Å². The number of nitrogens with two attached hydrogens (primary N) is 1. The van der Waals surface area contributed by atoms with Crippen LogP contribution in [0.4, 0.5) is 0 Å². The van der Waals surface area contributed by atoms with E-state index in [1.54, 1.807) is 7.11 Å². The van der Waals surface area contributed by atoms with Gasteiger partial charge in [-0.05, 0) is 31.6 Å². The highest BCUT2D eigenvalue weighted by molar-refractivity contribution is 5.10. The molecule has 0 saturated heterocycles. The van der Waals surface area contributed by atoms with Crippen LogP contribution in [0.25, 0.3) is 0 Å². The molecule has 0 unspecified atom stereocenters. The summed E-state index contributed by atoms with van der Waals surface area (Å²) in [6.45, 7) is 2.80. The second-order valence-electron chi connectivity index (χ2n) is 4.84. The van der Waals surface area contributed by atoms with E-state index in [1.165, 1.54) is 12.8 Å². The third kappa shape index (κ3) is 1.99. The van der Waals surface area contributed by atoms with Gasteiger partial charge in [-0.1, -0.05) is 6.92 Å². The average Bonchev–Trinajstić information content (AvgIpc) is 2.80. The van der Waals surface area contributed by atoms with Crippen LogP contribution in [0.1, 0.15) is 44.1 Å². The fourth-order valence-corrected chi connectivity index (χ4v) is 2.46. The Labute approximate surface area is 96.6 Å². The van der Waals surface area contributed by atoms with Crippen molar-refractivity contribution in [3.63, 3.8) is 0 Å². The average molecular weight is 223 g/mol. The van der Waals surface area contributed by atoms with Crippen LogP contribution in [0.5, 0.6) is 0 Å². The van der Waals surface area contributed by atoms with E-state index in [2.05, 4.69) is 16.9 Å². The molecule has 3 N–H and O–H groups in total. The van der Waals surface area contributed by atoms with Gasteiger partial charge in [0, 0.05) is 25.5 Å². The molecule has 1 saturated carbocycles. The molecule has 0 atom stereocenters. The van der Waals surface area contributed by atoms with E-state index in [9.17, 15) is 0 Å². The molecular weight excluding hydrogens is 202 g/mol. The molecule has 16 heavy (non-hydrogen) atoms. The third-order valence-electron chi connectivity index (χ3n) is 3.75. The number of hydrogen-bond acceptors (Lipinski definition) is 3. The normalized spacial score (nSPS) is 30.6. The van der Waals surface area contributed by atoms with Crippen molar-refractivity contribution < 1.29 is 4.74 Å². The van der Waals surface area contributed by atoms with Crippen LogP contribution in [0, 0.1) is 5.92 Å². The predicted molar refractivity (Wildman–Crippen MR) is 62.8 cm³/mol. The lowest BCUT2D eigenvalue weighted by atomic mass is 9.79. The van der Waals surface area contributed by atoms with Gasteiger partial charge in [0.25, 0.3) is 0 Å². The number of H-pyrrole nitrogens is 1. The SMILES string of the molecule is COC1(c2ncc(CN)[nH]2)CCC(C)CC1. The van der Waals surface area contributed by atoms with E-state index in [1.807, 2.05) is 6.20 Å². The van der Waals surface area contributed by atoms with Gasteiger partial charge in [-0.2, -0.15) is 0 Å². The van der Waals surface area contributed by atoms with Crippen molar-refractivity contribution in [2.75, 3.05) is 7.11 Å². The highest BCUT2D eigenvalue weighted by atomic mass is 16.5. The maximum absolute atomic E-state index is 5.74. The fraction of sp³-hybridized carbons (Fsp3) is 0.750. The van der Waals surface area contributed by atoms with E-state index >= 15 is 0 Å². The molecule has 4 heteroatoms. The lowest BCUT2D eigenvalue weighted by Crippen LogP contribution is -2.34. The molecule has 1 aliphatic carbocycles. The van der Waals surface area contributed by atoms with Crippen molar-refractivity contribution in [2.24, 2.45) is 11.7 Å². The Hall–Kier alpha value is -0.870. The molecule has 0 radical (unpaired) electrons. The second kappa shape index (κ2) is 4.55. The van der Waals surface area contributed by atoms with E-state index in [0.29, 0.717) is 6.54 Å². The lowest BCUT2D eigenvalue weighted by molar-refractivity contribution is -0.0592. The first kappa shape index (κ1) is 11.6. The molecule has 1 heterocycles. The number of aromatic amines is 1. The van der Waals surface area contributed by atoms with Crippen LogP contribution in [-0.2, 0) is 16.9 Å². The van der Waals surface area contributed by atoms with Crippen LogP contribution in [-0.4, -0.2) is 17.1 Å². The van der Waals surface area contributed by atoms with Crippen LogP contribution in [0.15, 0.2) is 6.20 Å². The molecule has 4 nitrogen and oxygen atoms in total. The minimum absolute atomic E-state index is 0.208. The Morgan fingerprint density at radius 3 is 2.75 bits per heavy atom. The first-order valence-electron chi connectivity index (χ1n) is 6.00. The number of nitrogens with zero attached hydrogens (tertiary/aromatic N) is 1. The summed E-state index contributed by atoms with van der Waals surface area (Å²) in [5, 5.41) is 0. The number of aromatic nitrogens is 2. The summed E-state index contributed by atoms with van der Waals surface area (Å²) in [6.07, 6.45) is 6.30. The van der Waals surface area contributed by atoms with Gasteiger partial charge in [0.15, 0.2) is 0 Å². The molecule has 2 rings (SSSR count). The molecule has 0 amide bonds. The van der Waals surface area contributed by atoms with Crippen LogP contribution in [0.3, 0.4) is 0 Å². The number of ether oxygens (including phenoxy) is 1. The molecule has 90 valence electrons. The topological polar surface area (TPSA) is 63.9 Å². The highest BCUT2D eigenvalue weighted by Crippen LogP contribution is 2.40. The predicted octanol–water partition coefficient (Wildman–Crippen LogP) is 1.92. The zero-order valence-corrected chi connectivity index (χ0v) is 10.1. The van der Waals surface area contributed by atoms with Crippen molar-refractivity contribution in [2.45, 2.75) is 44.8 Å². The van der Waals surface area contributed by atoms with Gasteiger partial charge in [0.1, 0.15) is 11.4 Å². The molecule has 1 aromatic heterocycles. The van der Waals surface area contributed by atoms with Crippen LogP contribution < -0.4 is 5.73 Å². The van der Waals surface area contributed by atoms with Crippen LogP contribution >= 0.6 is 0 Å². The smallest absolute Gasteiger partial charge is 0.138 e. The van der Waals surface area contributed by atoms with E-state index in [-0.39, 0.29) is 5.60 Å². The maximum atomic E-state index is 5.74. The third-order valence-corrected chi connectivity index (χ3v) is 3.75. The first-order valence-corrected chi connectivity index (χ1v) is 6.00. The van der Waals surface area contributed by atoms with Gasteiger partial charge < -0.3 is 15.5 Å². The molecule has 1 aliphatic rings. The maximum Gasteiger partial charge on any atom is 0.138 e. The molecule has 1 aromatic rings. The Morgan fingerprint density at radius 1 is 1.56 bits per heavy atom. The van der Waals surface area contributed by atoms with Gasteiger partial charge in [-0.3, -0.25) is 0 Å². The number of nitrogens with one attached hydrogen (secondary N) is 1. The summed E-state index contributed by atoms with van der Waals surface area (Å²) in [4.78, 5) is 7.70. The molecule has 0 aromatic carbocycles. The fourth-order valence-electron chi connectivity index (χ4n) is 2.46. The van der Waals surface area contributed by atoms with E-state index in [4.69, 9.17) is 10.5 Å². The summed E-state index contributed by atoms with van der Waals surface area (Å²) in [6, 6.07) is 0. The summed E-state index contributed by atoms with van der Waals surface area (Å²) < 4.78 is 5.74. The van der Waals surface area contributed by atoms with Gasteiger partial charge in [-0.15, -0.1) is 0 Å². The number of hydrogen-bond donors (Lipinski definition) is 2. The Kier molecular flexibility index (Phi) is 3.30. The number of rotatable bonds is 3. The quantitative estimate of drug-likeness (QED) is 0.822. The molecule has 0 spiro atoms. The minimum Gasteiger partial charge on any atom is -0.370 e. The van der Waals surface area contributed by atoms with Crippen molar-refractivity contribution in [1.29, 1.82) is 0 Å². The minimum atomic E-state index is -0.208. The molecule has 0 aliphatic heterocycles. The van der Waals surface area contributed by atoms with Gasteiger partial charge in [0.05, 0.1) is 0 Å². The number of methoxy groups -OCH3 is 1. The number of imidazole rings is 1. The Balaban J connectivity index is 2.20. The molecular formula is C12H21N3O. The monoisotopic (exact) mass is 223 g/mol. The van der Waals surface area contributed by atoms with Gasteiger partial charge in [-0.25, -0.2) is 4.98 Å². The van der Waals surface area contributed by atoms with Crippen LogP contribution in [0.2, 0.25) is 0 Å². The zero-order valence-electron chi connectivity index (χ0n) is 10.1. The summed E-state index contributed by atoms with van der Waals surface area (Å²) >= 11 is 0. The lowest BCUT2D eigenvalue weighted by Gasteiger charge is -2.36. The first-order chi connectivity index (χ1) is 7.70. The zero-order chi connectivity index (χ0) is 11.6. The second-order valence-corrected chi connectivity index (χ2v) is 4.84. The summed E-state index contributed by atoms with van der Waals surface area (Å²) in [5.41, 5.74) is 6.36. The summed E-state index contributed by atoms with van der Waals surface area (Å²) in [7, 11) is 1.78. The largest absolute Gasteiger partial charge is 0.370 e. The Bertz CT molecular complexity index is 340. The standard InChI is InChI=1S/C12H21N3O/c1-9-3-5-12(16-2,6-4-9)11-14-8-10(7-13)15-11/h8-9H,3-7,13H2,1-2H3,(H,14,15). The highest BCUT2D eigenvalue weighted by Gasteiger charge is 2.38. The molecule has 1 fully saturated rings.